The summed E-state index contributed by atoms with van der Waals surface area (Å²) in [5.41, 5.74) is 3.80. The number of rotatable bonds is 5. The number of nitrogens with zero attached hydrogens (tertiary/aromatic N) is 3. The number of aromatic nitrogens is 1. The number of carbonyl (C=O) groups is 1. The first kappa shape index (κ1) is 17.7. The molecule has 2 aromatic carbocycles. The first-order chi connectivity index (χ1) is 13.7. The van der Waals surface area contributed by atoms with Crippen molar-refractivity contribution in [2.45, 2.75) is 19.1 Å². The van der Waals surface area contributed by atoms with Crippen LogP contribution in [0, 0.1) is 17.1 Å². The van der Waals surface area contributed by atoms with Gasteiger partial charge in [-0.2, -0.15) is 5.26 Å². The van der Waals surface area contributed by atoms with Crippen molar-refractivity contribution >= 4 is 11.6 Å². The molecule has 2 heterocycles. The Balaban J connectivity index is 1.63. The number of hydrogen-bond acceptors (Lipinski definition) is 4. The van der Waals surface area contributed by atoms with Crippen LogP contribution < -0.4 is 5.32 Å². The zero-order valence-electron chi connectivity index (χ0n) is 15.0. The lowest BCUT2D eigenvalue weighted by molar-refractivity contribution is 0.0727. The lowest BCUT2D eigenvalue weighted by Gasteiger charge is -2.26. The number of carbonyl (C=O) groups excluding carboxylic acids is 1. The molecule has 0 aliphatic carbocycles. The van der Waals surface area contributed by atoms with Gasteiger partial charge in [-0.25, -0.2) is 4.39 Å². The van der Waals surface area contributed by atoms with Crippen molar-refractivity contribution in [2.75, 3.05) is 5.32 Å². The fraction of sp³-hybridized carbons (Fsp3) is 0.136. The molecule has 138 valence electrons. The number of nitriles is 1. The molecule has 0 saturated heterocycles. The summed E-state index contributed by atoms with van der Waals surface area (Å²) in [6, 6.07) is 19.3. The second-order valence-corrected chi connectivity index (χ2v) is 6.57. The zero-order chi connectivity index (χ0) is 19.5. The third-order valence-electron chi connectivity index (χ3n) is 4.71. The number of nitrogens with one attached hydrogen (secondary N) is 1. The molecule has 0 bridgehead atoms. The minimum absolute atomic E-state index is 0.119. The lowest BCUT2D eigenvalue weighted by atomic mass is 10.1. The van der Waals surface area contributed by atoms with Crippen LogP contribution >= 0.6 is 0 Å². The highest BCUT2D eigenvalue weighted by molar-refractivity contribution is 5.98. The summed E-state index contributed by atoms with van der Waals surface area (Å²) in [5, 5.41) is 12.2. The number of pyridine rings is 1. The van der Waals surface area contributed by atoms with Crippen LogP contribution in [0.2, 0.25) is 0 Å². The van der Waals surface area contributed by atoms with E-state index in [-0.39, 0.29) is 11.7 Å². The van der Waals surface area contributed by atoms with Gasteiger partial charge in [-0.3, -0.25) is 9.78 Å². The molecule has 4 rings (SSSR count). The Hall–Kier alpha value is -3.72. The van der Waals surface area contributed by atoms with Gasteiger partial charge in [0.15, 0.2) is 0 Å². The maximum atomic E-state index is 13.2. The molecule has 28 heavy (non-hydrogen) atoms. The smallest absolute Gasteiger partial charge is 0.258 e. The standard InChI is InChI=1S/C22H17FN4O/c23-17-7-3-16(4-8-17)14-27-21(20-19(22(27)28)2-1-13-25-20)26-18-9-5-15(6-10-18)11-12-24/h1-10,13,21,26H,11,14H2. The van der Waals surface area contributed by atoms with E-state index < -0.39 is 6.17 Å². The fourth-order valence-electron chi connectivity index (χ4n) is 3.30. The third kappa shape index (κ3) is 3.42. The molecule has 1 aromatic heterocycles. The Kier molecular flexibility index (Phi) is 4.73. The Labute approximate surface area is 162 Å². The number of fused-ring (bicyclic) bond motifs is 1. The molecule has 3 aromatic rings. The third-order valence-corrected chi connectivity index (χ3v) is 4.71. The molecule has 0 spiro atoms. The molecular formula is C22H17FN4O. The van der Waals surface area contributed by atoms with Crippen LogP contribution in [0.4, 0.5) is 10.1 Å². The first-order valence-electron chi connectivity index (χ1n) is 8.88. The van der Waals surface area contributed by atoms with Gasteiger partial charge in [-0.15, -0.1) is 0 Å². The Morgan fingerprint density at radius 1 is 1.07 bits per heavy atom. The quantitative estimate of drug-likeness (QED) is 0.733. The number of amides is 1. The van der Waals surface area contributed by atoms with Crippen molar-refractivity contribution in [2.24, 2.45) is 0 Å². The van der Waals surface area contributed by atoms with Crippen molar-refractivity contribution in [1.82, 2.24) is 9.88 Å². The largest absolute Gasteiger partial charge is 0.360 e. The summed E-state index contributed by atoms with van der Waals surface area (Å²) in [7, 11) is 0. The van der Waals surface area contributed by atoms with Crippen molar-refractivity contribution in [3.8, 4) is 6.07 Å². The van der Waals surface area contributed by atoms with Gasteiger partial charge in [-0.1, -0.05) is 24.3 Å². The summed E-state index contributed by atoms with van der Waals surface area (Å²) in [6.45, 7) is 0.333. The highest BCUT2D eigenvalue weighted by Crippen LogP contribution is 2.34. The normalized spacial score (nSPS) is 15.2. The summed E-state index contributed by atoms with van der Waals surface area (Å²) in [6.07, 6.45) is 1.58. The van der Waals surface area contributed by atoms with Gasteiger partial charge in [-0.05, 0) is 47.5 Å². The van der Waals surface area contributed by atoms with E-state index in [0.29, 0.717) is 24.2 Å². The molecule has 1 unspecified atom stereocenters. The Morgan fingerprint density at radius 2 is 1.79 bits per heavy atom. The number of halogens is 1. The van der Waals surface area contributed by atoms with Gasteiger partial charge >= 0.3 is 0 Å². The van der Waals surface area contributed by atoms with Crippen LogP contribution in [0.5, 0.6) is 0 Å². The van der Waals surface area contributed by atoms with Crippen LogP contribution in [-0.4, -0.2) is 15.8 Å². The molecule has 1 atom stereocenters. The van der Waals surface area contributed by atoms with Crippen LogP contribution in [0.15, 0.2) is 66.9 Å². The molecule has 0 fully saturated rings. The lowest BCUT2D eigenvalue weighted by Crippen LogP contribution is -2.32. The Bertz CT molecular complexity index is 1040. The SMILES string of the molecule is N#CCc1ccc(NC2c3ncccc3C(=O)N2Cc2ccc(F)cc2)cc1. The molecular weight excluding hydrogens is 355 g/mol. The van der Waals surface area contributed by atoms with Gasteiger partial charge in [0.1, 0.15) is 12.0 Å². The van der Waals surface area contributed by atoms with Crippen LogP contribution in [0.3, 0.4) is 0 Å². The monoisotopic (exact) mass is 372 g/mol. The second kappa shape index (κ2) is 7.49. The molecule has 0 radical (unpaired) electrons. The molecule has 5 nitrogen and oxygen atoms in total. The minimum atomic E-state index is -0.435. The number of hydrogen-bond donors (Lipinski definition) is 1. The van der Waals surface area contributed by atoms with Crippen LogP contribution in [-0.2, 0) is 13.0 Å². The minimum Gasteiger partial charge on any atom is -0.360 e. The van der Waals surface area contributed by atoms with Gasteiger partial charge in [0.05, 0.1) is 23.7 Å². The van der Waals surface area contributed by atoms with Gasteiger partial charge < -0.3 is 10.2 Å². The topological polar surface area (TPSA) is 69.0 Å². The Morgan fingerprint density at radius 3 is 2.50 bits per heavy atom. The maximum Gasteiger partial charge on any atom is 0.258 e. The first-order valence-corrected chi connectivity index (χ1v) is 8.88. The molecule has 1 amide bonds. The van der Waals surface area contributed by atoms with Gasteiger partial charge in [0.2, 0.25) is 0 Å². The molecule has 1 N–H and O–H groups in total. The average molecular weight is 372 g/mol. The van der Waals surface area contributed by atoms with Crippen molar-refractivity contribution in [1.29, 1.82) is 5.26 Å². The van der Waals surface area contributed by atoms with E-state index in [1.54, 1.807) is 35.4 Å². The van der Waals surface area contributed by atoms with Gasteiger partial charge in [0, 0.05) is 18.4 Å². The van der Waals surface area contributed by atoms with E-state index in [9.17, 15) is 9.18 Å². The van der Waals surface area contributed by atoms with E-state index in [1.807, 2.05) is 24.3 Å². The van der Waals surface area contributed by atoms with Crippen LogP contribution in [0.1, 0.15) is 33.3 Å². The molecule has 1 aliphatic heterocycles. The highest BCUT2D eigenvalue weighted by Gasteiger charge is 2.37. The summed E-state index contributed by atoms with van der Waals surface area (Å²) in [4.78, 5) is 19.0. The van der Waals surface area contributed by atoms with E-state index in [0.717, 1.165) is 16.8 Å². The van der Waals surface area contributed by atoms with Crippen molar-refractivity contribution in [3.05, 3.63) is 95.1 Å². The predicted molar refractivity (Wildman–Crippen MR) is 103 cm³/mol. The second-order valence-electron chi connectivity index (χ2n) is 6.57. The molecule has 0 saturated carbocycles. The zero-order valence-corrected chi connectivity index (χ0v) is 15.0. The average Bonchev–Trinajstić information content (AvgIpc) is 2.97. The van der Waals surface area contributed by atoms with Gasteiger partial charge in [0.25, 0.3) is 5.91 Å². The van der Waals surface area contributed by atoms with E-state index in [4.69, 9.17) is 5.26 Å². The fourth-order valence-corrected chi connectivity index (χ4v) is 3.30. The highest BCUT2D eigenvalue weighted by atomic mass is 19.1. The van der Waals surface area contributed by atoms with E-state index in [2.05, 4.69) is 16.4 Å². The number of anilines is 1. The van der Waals surface area contributed by atoms with Crippen LogP contribution in [0.25, 0.3) is 0 Å². The predicted octanol–water partition coefficient (Wildman–Crippen LogP) is 4.05. The summed E-state index contributed by atoms with van der Waals surface area (Å²) < 4.78 is 13.2. The number of benzene rings is 2. The van der Waals surface area contributed by atoms with Crippen molar-refractivity contribution in [3.63, 3.8) is 0 Å². The molecule has 6 heteroatoms. The summed E-state index contributed by atoms with van der Waals surface area (Å²) in [5.74, 6) is -0.431. The summed E-state index contributed by atoms with van der Waals surface area (Å²) >= 11 is 0. The van der Waals surface area contributed by atoms with E-state index in [1.165, 1.54) is 12.1 Å². The van der Waals surface area contributed by atoms with Crippen molar-refractivity contribution < 1.29 is 9.18 Å². The maximum absolute atomic E-state index is 13.2. The van der Waals surface area contributed by atoms with E-state index >= 15 is 0 Å². The molecule has 1 aliphatic rings.